The molecule has 0 aliphatic carbocycles. The molecule has 130 valence electrons. The van der Waals surface area contributed by atoms with Gasteiger partial charge in [0.2, 0.25) is 5.82 Å². The second-order valence-corrected chi connectivity index (χ2v) is 6.68. The van der Waals surface area contributed by atoms with Gasteiger partial charge in [-0.05, 0) is 35.2 Å². The van der Waals surface area contributed by atoms with Crippen molar-refractivity contribution in [2.75, 3.05) is 0 Å². The van der Waals surface area contributed by atoms with Crippen molar-refractivity contribution >= 4 is 0 Å². The van der Waals surface area contributed by atoms with Crippen LogP contribution >= 0.6 is 0 Å². The molecule has 0 fully saturated rings. The summed E-state index contributed by atoms with van der Waals surface area (Å²) in [6, 6.07) is 11.2. The van der Waals surface area contributed by atoms with Crippen LogP contribution in [0.5, 0.6) is 5.75 Å². The molecular formula is C19H18F2N2O2. The Hall–Kier alpha value is -2.76. The van der Waals surface area contributed by atoms with Crippen molar-refractivity contribution in [3.05, 3.63) is 65.5 Å². The van der Waals surface area contributed by atoms with Crippen LogP contribution in [0.4, 0.5) is 8.78 Å². The number of halogens is 2. The number of hydrogen-bond donors (Lipinski definition) is 0. The molecule has 4 nitrogen and oxygen atoms in total. The fourth-order valence-electron chi connectivity index (χ4n) is 2.32. The molecule has 0 saturated carbocycles. The van der Waals surface area contributed by atoms with E-state index in [1.165, 1.54) is 11.6 Å². The summed E-state index contributed by atoms with van der Waals surface area (Å²) in [7, 11) is 0. The zero-order valence-electron chi connectivity index (χ0n) is 14.2. The van der Waals surface area contributed by atoms with Crippen molar-refractivity contribution in [3.8, 4) is 17.2 Å². The SMILES string of the molecule is CC(C)(C)c1ccc(OCc2noc(-c3c(F)cccc3F)n2)cc1. The van der Waals surface area contributed by atoms with Crippen molar-refractivity contribution in [3.63, 3.8) is 0 Å². The molecule has 0 unspecified atom stereocenters. The van der Waals surface area contributed by atoms with E-state index in [1.54, 1.807) is 0 Å². The third-order valence-corrected chi connectivity index (χ3v) is 3.73. The minimum absolute atomic E-state index is 0.0361. The predicted molar refractivity (Wildman–Crippen MR) is 89.1 cm³/mol. The third kappa shape index (κ3) is 3.84. The van der Waals surface area contributed by atoms with E-state index in [9.17, 15) is 8.78 Å². The van der Waals surface area contributed by atoms with Gasteiger partial charge in [0.25, 0.3) is 5.89 Å². The molecular weight excluding hydrogens is 326 g/mol. The fourth-order valence-corrected chi connectivity index (χ4v) is 2.32. The van der Waals surface area contributed by atoms with E-state index < -0.39 is 11.6 Å². The zero-order valence-corrected chi connectivity index (χ0v) is 14.2. The van der Waals surface area contributed by atoms with Gasteiger partial charge in [-0.15, -0.1) is 0 Å². The second-order valence-electron chi connectivity index (χ2n) is 6.68. The average Bonchev–Trinajstić information content (AvgIpc) is 3.01. The maximum absolute atomic E-state index is 13.7. The van der Waals surface area contributed by atoms with E-state index in [2.05, 4.69) is 30.9 Å². The highest BCUT2D eigenvalue weighted by Crippen LogP contribution is 2.26. The van der Waals surface area contributed by atoms with Gasteiger partial charge >= 0.3 is 0 Å². The van der Waals surface area contributed by atoms with Crippen LogP contribution in [0.3, 0.4) is 0 Å². The molecule has 6 heteroatoms. The van der Waals surface area contributed by atoms with Crippen molar-refractivity contribution in [1.82, 2.24) is 10.1 Å². The van der Waals surface area contributed by atoms with E-state index in [-0.39, 0.29) is 29.3 Å². The molecule has 0 spiro atoms. The molecule has 0 aliphatic rings. The van der Waals surface area contributed by atoms with Crippen LogP contribution in [0.2, 0.25) is 0 Å². The first-order valence-corrected chi connectivity index (χ1v) is 7.85. The molecule has 3 rings (SSSR count). The van der Waals surface area contributed by atoms with Gasteiger partial charge in [-0.3, -0.25) is 0 Å². The molecule has 0 bridgehead atoms. The molecule has 0 amide bonds. The van der Waals surface area contributed by atoms with Crippen LogP contribution in [0, 0.1) is 11.6 Å². The van der Waals surface area contributed by atoms with Crippen LogP contribution in [0.25, 0.3) is 11.5 Å². The lowest BCUT2D eigenvalue weighted by molar-refractivity contribution is 0.287. The van der Waals surface area contributed by atoms with Crippen LogP contribution < -0.4 is 4.74 Å². The predicted octanol–water partition coefficient (Wildman–Crippen LogP) is 4.89. The molecule has 25 heavy (non-hydrogen) atoms. The van der Waals surface area contributed by atoms with Gasteiger partial charge in [0.15, 0.2) is 6.61 Å². The molecule has 2 aromatic carbocycles. The van der Waals surface area contributed by atoms with Gasteiger partial charge in [0.05, 0.1) is 0 Å². The van der Waals surface area contributed by atoms with E-state index in [0.29, 0.717) is 5.75 Å². The first kappa shape index (κ1) is 17.1. The van der Waals surface area contributed by atoms with Gasteiger partial charge in [0, 0.05) is 0 Å². The number of nitrogens with zero attached hydrogens (tertiary/aromatic N) is 2. The smallest absolute Gasteiger partial charge is 0.264 e. The summed E-state index contributed by atoms with van der Waals surface area (Å²) in [5, 5.41) is 3.70. The first-order valence-electron chi connectivity index (χ1n) is 7.85. The quantitative estimate of drug-likeness (QED) is 0.676. The largest absolute Gasteiger partial charge is 0.485 e. The Morgan fingerprint density at radius 1 is 1.00 bits per heavy atom. The second kappa shape index (κ2) is 6.63. The lowest BCUT2D eigenvalue weighted by Crippen LogP contribution is -2.10. The normalized spacial score (nSPS) is 11.6. The number of benzene rings is 2. The standard InChI is InChI=1S/C19H18F2N2O2/c1-19(2,3)12-7-9-13(10-8-12)24-11-16-22-18(25-23-16)17-14(20)5-4-6-15(17)21/h4-10H,11H2,1-3H3. The highest BCUT2D eigenvalue weighted by atomic mass is 19.1. The minimum Gasteiger partial charge on any atom is -0.485 e. The van der Waals surface area contributed by atoms with E-state index in [1.807, 2.05) is 24.3 Å². The van der Waals surface area contributed by atoms with Gasteiger partial charge in [-0.2, -0.15) is 4.98 Å². The number of aromatic nitrogens is 2. The summed E-state index contributed by atoms with van der Waals surface area (Å²) < 4.78 is 38.0. The van der Waals surface area contributed by atoms with Crippen molar-refractivity contribution in [2.45, 2.75) is 32.8 Å². The van der Waals surface area contributed by atoms with Crippen LogP contribution in [0.15, 0.2) is 47.0 Å². The van der Waals surface area contributed by atoms with Crippen LogP contribution in [-0.4, -0.2) is 10.1 Å². The Bertz CT molecular complexity index is 848. The lowest BCUT2D eigenvalue weighted by atomic mass is 9.87. The summed E-state index contributed by atoms with van der Waals surface area (Å²) >= 11 is 0. The molecule has 0 saturated heterocycles. The third-order valence-electron chi connectivity index (χ3n) is 3.73. The Morgan fingerprint density at radius 2 is 1.64 bits per heavy atom. The number of ether oxygens (including phenoxy) is 1. The fraction of sp³-hybridized carbons (Fsp3) is 0.263. The molecule has 0 atom stereocenters. The van der Waals surface area contributed by atoms with Gasteiger partial charge in [-0.1, -0.05) is 44.1 Å². The molecule has 1 heterocycles. The van der Waals surface area contributed by atoms with Crippen LogP contribution in [-0.2, 0) is 12.0 Å². The van der Waals surface area contributed by atoms with Crippen molar-refractivity contribution < 1.29 is 18.0 Å². The van der Waals surface area contributed by atoms with Crippen LogP contribution in [0.1, 0.15) is 32.2 Å². The van der Waals surface area contributed by atoms with Crippen molar-refractivity contribution in [1.29, 1.82) is 0 Å². The molecule has 0 N–H and O–H groups in total. The van der Waals surface area contributed by atoms with E-state index >= 15 is 0 Å². The maximum atomic E-state index is 13.7. The minimum atomic E-state index is -0.756. The maximum Gasteiger partial charge on any atom is 0.264 e. The average molecular weight is 344 g/mol. The summed E-state index contributed by atoms with van der Waals surface area (Å²) in [5.41, 5.74) is 0.915. The highest BCUT2D eigenvalue weighted by molar-refractivity contribution is 5.54. The highest BCUT2D eigenvalue weighted by Gasteiger charge is 2.18. The van der Waals surface area contributed by atoms with E-state index in [0.717, 1.165) is 12.1 Å². The molecule has 3 aromatic rings. The molecule has 0 radical (unpaired) electrons. The number of hydrogen-bond acceptors (Lipinski definition) is 4. The molecule has 0 aliphatic heterocycles. The van der Waals surface area contributed by atoms with Crippen molar-refractivity contribution in [2.24, 2.45) is 0 Å². The number of rotatable bonds is 4. The lowest BCUT2D eigenvalue weighted by Gasteiger charge is -2.19. The summed E-state index contributed by atoms with van der Waals surface area (Å²) in [6.07, 6.45) is 0. The topological polar surface area (TPSA) is 48.2 Å². The zero-order chi connectivity index (χ0) is 18.0. The Kier molecular flexibility index (Phi) is 4.53. The van der Waals surface area contributed by atoms with E-state index in [4.69, 9.17) is 9.26 Å². The summed E-state index contributed by atoms with van der Waals surface area (Å²) in [5.74, 6) is -0.867. The Labute approximate surface area is 144 Å². The molecule has 1 aromatic heterocycles. The van der Waals surface area contributed by atoms with Gasteiger partial charge < -0.3 is 9.26 Å². The monoisotopic (exact) mass is 344 g/mol. The van der Waals surface area contributed by atoms with Gasteiger partial charge in [0.1, 0.15) is 22.9 Å². The van der Waals surface area contributed by atoms with Gasteiger partial charge in [-0.25, -0.2) is 8.78 Å². The summed E-state index contributed by atoms with van der Waals surface area (Å²) in [4.78, 5) is 3.99. The summed E-state index contributed by atoms with van der Waals surface area (Å²) in [6.45, 7) is 6.43. The Morgan fingerprint density at radius 3 is 2.24 bits per heavy atom. The Balaban J connectivity index is 1.70. The first-order chi connectivity index (χ1) is 11.8.